The Bertz CT molecular complexity index is 1570. The molecule has 0 saturated carbocycles. The zero-order valence-electron chi connectivity index (χ0n) is 28.3. The van der Waals surface area contributed by atoms with E-state index in [1.54, 1.807) is 6.07 Å². The van der Waals surface area contributed by atoms with E-state index in [2.05, 4.69) is 125 Å². The van der Waals surface area contributed by atoms with Crippen molar-refractivity contribution in [1.82, 2.24) is 0 Å². The molecule has 0 atom stereocenters. The van der Waals surface area contributed by atoms with Crippen molar-refractivity contribution in [2.75, 3.05) is 0 Å². The van der Waals surface area contributed by atoms with Gasteiger partial charge in [-0.1, -0.05) is 82.5 Å². The second-order valence-corrected chi connectivity index (χ2v) is 13.2. The number of hydrogen-bond donors (Lipinski definition) is 0. The molecular weight excluding hydrogens is 714 g/mol. The third-order valence-electron chi connectivity index (χ3n) is 7.29. The maximum Gasteiger partial charge on any atom is -0.0801 e. The van der Waals surface area contributed by atoms with E-state index < -0.39 is 0 Å². The van der Waals surface area contributed by atoms with Gasteiger partial charge in [0.15, 0.2) is 0 Å². The molecule has 4 heteroatoms. The van der Waals surface area contributed by atoms with Crippen molar-refractivity contribution >= 4 is 51.4 Å². The molecule has 0 amide bonds. The van der Waals surface area contributed by atoms with E-state index in [1.165, 1.54) is 68.4 Å². The first kappa shape index (κ1) is 42.5. The molecular formula is C43H45Cl3Zr-4. The molecule has 7 rings (SSSR count). The summed E-state index contributed by atoms with van der Waals surface area (Å²) in [4.78, 5) is 0. The summed E-state index contributed by atoms with van der Waals surface area (Å²) in [5, 5.41) is 3.18. The van der Waals surface area contributed by atoms with Gasteiger partial charge in [-0.3, -0.25) is 6.08 Å². The van der Waals surface area contributed by atoms with Crippen molar-refractivity contribution in [1.29, 1.82) is 0 Å². The van der Waals surface area contributed by atoms with Gasteiger partial charge in [-0.25, -0.2) is 12.2 Å². The normalized spacial score (nSPS) is 11.6. The molecule has 0 saturated heterocycles. The van der Waals surface area contributed by atoms with E-state index in [4.69, 9.17) is 11.6 Å². The Morgan fingerprint density at radius 1 is 0.766 bits per heavy atom. The summed E-state index contributed by atoms with van der Waals surface area (Å²) in [6, 6.07) is 42.6. The fourth-order valence-corrected chi connectivity index (χ4v) is 4.94. The van der Waals surface area contributed by atoms with Gasteiger partial charge < -0.3 is 0 Å². The molecule has 0 unspecified atom stereocenters. The van der Waals surface area contributed by atoms with Crippen molar-refractivity contribution in [3.05, 3.63) is 167 Å². The first-order valence-corrected chi connectivity index (χ1v) is 17.4. The van der Waals surface area contributed by atoms with Gasteiger partial charge in [-0.2, -0.15) is 71.8 Å². The predicted octanol–water partition coefficient (Wildman–Crippen LogP) is 12.5. The number of hydrogen-bond acceptors (Lipinski definition) is 0. The third-order valence-corrected chi connectivity index (χ3v) is 7.53. The second kappa shape index (κ2) is 20.7. The zero-order valence-corrected chi connectivity index (χ0v) is 33.1. The van der Waals surface area contributed by atoms with Gasteiger partial charge in [0, 0.05) is 0 Å². The Balaban J connectivity index is 0.000000352. The fraction of sp³-hybridized carbons (Fsp3) is 0.233. The molecule has 2 aliphatic rings. The molecule has 0 spiro atoms. The molecule has 0 nitrogen and oxygen atoms in total. The van der Waals surface area contributed by atoms with Crippen LogP contribution < -0.4 is 0 Å². The summed E-state index contributed by atoms with van der Waals surface area (Å²) >= 11 is 6.81. The molecule has 0 radical (unpaired) electrons. The quantitative estimate of drug-likeness (QED) is 0.135. The molecule has 5 aromatic carbocycles. The van der Waals surface area contributed by atoms with E-state index in [1.807, 2.05) is 54.6 Å². The summed E-state index contributed by atoms with van der Waals surface area (Å²) < 4.78 is 3.34. The van der Waals surface area contributed by atoms with Crippen molar-refractivity contribution in [3.8, 4) is 11.1 Å². The van der Waals surface area contributed by atoms with Gasteiger partial charge in [-0.15, -0.1) is 89.5 Å². The predicted molar refractivity (Wildman–Crippen MR) is 207 cm³/mol. The maximum atomic E-state index is 5.51. The molecule has 0 N–H and O–H groups in total. The van der Waals surface area contributed by atoms with Gasteiger partial charge in [0.1, 0.15) is 0 Å². The smallest absolute Gasteiger partial charge is 0.0801 e. The number of fused-ring (bicyclic) bond motifs is 4. The number of halogens is 3. The number of allylic oxidation sites excluding steroid dienone is 4. The third kappa shape index (κ3) is 13.5. The second-order valence-electron chi connectivity index (χ2n) is 12.8. The van der Waals surface area contributed by atoms with Crippen LogP contribution in [-0.2, 0) is 41.5 Å². The van der Waals surface area contributed by atoms with E-state index in [0.29, 0.717) is 0 Å². The van der Waals surface area contributed by atoms with Crippen LogP contribution in [0, 0.1) is 24.3 Å². The van der Waals surface area contributed by atoms with Crippen LogP contribution in [0.25, 0.3) is 21.9 Å². The molecule has 47 heavy (non-hydrogen) atoms. The number of benzene rings is 5. The first-order valence-electron chi connectivity index (χ1n) is 15.3. The fourth-order valence-electron chi connectivity index (χ4n) is 4.80. The average Bonchev–Trinajstić information content (AvgIpc) is 3.74. The number of rotatable bonds is 0. The van der Waals surface area contributed by atoms with Crippen molar-refractivity contribution in [2.45, 2.75) is 65.2 Å². The Morgan fingerprint density at radius 2 is 1.45 bits per heavy atom. The SMILES string of the molecule is CC(C)(C)c1[c-]c2c(cc1)-c1ccc(C(C)(C)C)cc1C2.Cl.Cl.Clc1c[c-]ccc1.[C-]1=CC=CC1.[CH2]=[Zr].[c-]1cccc2ccccc12. The summed E-state index contributed by atoms with van der Waals surface area (Å²) in [7, 11) is 0. The molecule has 2 aliphatic carbocycles. The standard InChI is InChI=1S/C21H25.C10H7.C6H4Cl.C5H5.CH2.2ClH.Zr/c1-20(2,3)16-7-9-18-14(12-16)11-15-13-17(21(4,5)6)8-10-19(15)18;1-2-6-10-8-4-3-7-9(10)5-1;7-6-4-2-1-3-5-6;1-2-4-5-3-1;;;;/h7-10,12H,11H2,1-6H3;1-7H;1-2,4-5H;1-3H,4H2;1H2;2*1H;/q4*-1;;;;. The Labute approximate surface area is 316 Å². The first-order chi connectivity index (χ1) is 21.5. The van der Waals surface area contributed by atoms with Gasteiger partial charge in [0.25, 0.3) is 0 Å². The van der Waals surface area contributed by atoms with Crippen LogP contribution in [0.15, 0.2) is 115 Å². The molecule has 246 valence electrons. The summed E-state index contributed by atoms with van der Waals surface area (Å²) in [5.74, 6) is 0. The Kier molecular flexibility index (Phi) is 18.8. The van der Waals surface area contributed by atoms with Gasteiger partial charge in [0.05, 0.1) is 0 Å². The van der Waals surface area contributed by atoms with E-state index in [9.17, 15) is 0 Å². The van der Waals surface area contributed by atoms with Crippen LogP contribution in [-0.4, -0.2) is 4.21 Å². The van der Waals surface area contributed by atoms with Crippen LogP contribution in [0.1, 0.15) is 70.2 Å². The topological polar surface area (TPSA) is 0 Å². The average molecular weight is 759 g/mol. The monoisotopic (exact) mass is 756 g/mol. The molecule has 0 bridgehead atoms. The molecule has 5 aromatic rings. The van der Waals surface area contributed by atoms with Gasteiger partial charge >= 0.3 is 28.4 Å². The van der Waals surface area contributed by atoms with Gasteiger partial charge in [-0.05, 0) is 28.4 Å². The summed E-state index contributed by atoms with van der Waals surface area (Å²) in [6.07, 6.45) is 11.0. The zero-order chi connectivity index (χ0) is 32.9. The van der Waals surface area contributed by atoms with E-state index in [0.717, 1.165) is 17.9 Å². The van der Waals surface area contributed by atoms with Crippen LogP contribution in [0.4, 0.5) is 0 Å². The van der Waals surface area contributed by atoms with E-state index in [-0.39, 0.29) is 35.6 Å². The molecule has 0 heterocycles. The van der Waals surface area contributed by atoms with Gasteiger partial charge in [0.2, 0.25) is 0 Å². The Morgan fingerprint density at radius 3 is 1.98 bits per heavy atom. The largest absolute Gasteiger partial charge is 0.147 e. The van der Waals surface area contributed by atoms with Crippen molar-refractivity contribution in [3.63, 3.8) is 0 Å². The minimum atomic E-state index is 0. The van der Waals surface area contributed by atoms with E-state index >= 15 is 0 Å². The molecule has 0 aliphatic heterocycles. The maximum absolute atomic E-state index is 5.51. The Hall–Kier alpha value is -2.54. The van der Waals surface area contributed by atoms with Crippen molar-refractivity contribution in [2.24, 2.45) is 0 Å². The van der Waals surface area contributed by atoms with Crippen LogP contribution >= 0.6 is 36.4 Å². The summed E-state index contributed by atoms with van der Waals surface area (Å²) in [5.41, 5.74) is 8.70. The van der Waals surface area contributed by atoms with Crippen LogP contribution in [0.2, 0.25) is 5.02 Å². The minimum absolute atomic E-state index is 0. The molecule has 0 fully saturated rings. The summed E-state index contributed by atoms with van der Waals surface area (Å²) in [6.45, 7) is 13.6. The van der Waals surface area contributed by atoms with Crippen LogP contribution in [0.5, 0.6) is 0 Å². The van der Waals surface area contributed by atoms with Crippen LogP contribution in [0.3, 0.4) is 0 Å². The minimum Gasteiger partial charge on any atom is -0.147 e. The molecule has 0 aromatic heterocycles. The van der Waals surface area contributed by atoms with Crippen molar-refractivity contribution < 1.29 is 24.2 Å².